The zero-order valence-corrected chi connectivity index (χ0v) is 66.1. The molecule has 8 heteroatoms. The van der Waals surface area contributed by atoms with E-state index in [-0.39, 0.29) is 0 Å². The lowest BCUT2D eigenvalue weighted by molar-refractivity contribution is 0.794. The number of hydrogen-bond acceptors (Lipinski definition) is 8. The average Bonchev–Trinajstić information content (AvgIpc) is 1.51. The maximum absolute atomic E-state index is 5.27. The van der Waals surface area contributed by atoms with Gasteiger partial charge >= 0.3 is 0 Å². The Labute approximate surface area is 707 Å². The lowest BCUT2D eigenvalue weighted by Crippen LogP contribution is -2.26. The van der Waals surface area contributed by atoms with Crippen LogP contribution in [0.3, 0.4) is 0 Å². The first-order valence-corrected chi connectivity index (χ1v) is 41.4. The Balaban J connectivity index is 0.000000142. The van der Waals surface area contributed by atoms with Crippen molar-refractivity contribution in [2.75, 3.05) is 0 Å². The van der Waals surface area contributed by atoms with Crippen molar-refractivity contribution in [2.24, 2.45) is 0 Å². The Bertz CT molecular complexity index is 6490. The summed E-state index contributed by atoms with van der Waals surface area (Å²) in [6.07, 6.45) is 0. The first-order valence-electron chi connectivity index (χ1n) is 41.4. The van der Waals surface area contributed by atoms with E-state index < -0.39 is 10.8 Å². The Morgan fingerprint density at radius 1 is 0.115 bits per heavy atom. The first kappa shape index (κ1) is 71.2. The highest BCUT2D eigenvalue weighted by molar-refractivity contribution is 5.99. The largest absolute Gasteiger partial charge is 0.228 e. The molecule has 4 heterocycles. The van der Waals surface area contributed by atoms with Crippen molar-refractivity contribution < 1.29 is 0 Å². The Hall–Kier alpha value is -16.2. The average molecular weight is 1550 g/mol. The summed E-state index contributed by atoms with van der Waals surface area (Å²) in [7, 11) is 0. The Morgan fingerprint density at radius 3 is 0.434 bits per heavy atom. The van der Waals surface area contributed by atoms with Gasteiger partial charge in [0.25, 0.3) is 0 Å². The number of hydrogen-bond donors (Lipinski definition) is 0. The lowest BCUT2D eigenvalue weighted by Gasteiger charge is -2.31. The Morgan fingerprint density at radius 2 is 0.262 bits per heavy atom. The number of fused-ring (bicyclic) bond motifs is 20. The molecule has 24 rings (SSSR count). The van der Waals surface area contributed by atoms with Crippen LogP contribution in [0.2, 0.25) is 0 Å². The van der Waals surface area contributed by atoms with Crippen LogP contribution < -0.4 is 0 Å². The van der Waals surface area contributed by atoms with Gasteiger partial charge in [-0.05, 0) is 138 Å². The van der Waals surface area contributed by atoms with Crippen LogP contribution >= 0.6 is 0 Å². The van der Waals surface area contributed by atoms with Gasteiger partial charge in [0.2, 0.25) is 0 Å². The van der Waals surface area contributed by atoms with Gasteiger partial charge in [0.15, 0.2) is 23.3 Å². The van der Waals surface area contributed by atoms with Gasteiger partial charge in [-0.1, -0.05) is 388 Å². The molecule has 0 saturated heterocycles. The lowest BCUT2D eigenvalue weighted by atomic mass is 9.70. The van der Waals surface area contributed by atoms with Gasteiger partial charge in [-0.3, -0.25) is 0 Å². The molecule has 568 valence electrons. The van der Waals surface area contributed by atoms with E-state index in [9.17, 15) is 0 Å². The zero-order chi connectivity index (χ0) is 80.7. The van der Waals surface area contributed by atoms with Crippen molar-refractivity contribution in [3.05, 3.63) is 481 Å². The van der Waals surface area contributed by atoms with E-state index in [4.69, 9.17) is 39.9 Å². The fraction of sp³-hybridized carbons (Fsp3) is 0.0175. The monoisotopic (exact) mass is 1550 g/mol. The highest BCUT2D eigenvalue weighted by Crippen LogP contribution is 2.66. The van der Waals surface area contributed by atoms with Gasteiger partial charge in [0.1, 0.15) is 0 Å². The van der Waals surface area contributed by atoms with Crippen LogP contribution in [0.15, 0.2) is 437 Å². The van der Waals surface area contributed by atoms with E-state index in [2.05, 4.69) is 388 Å². The third-order valence-electron chi connectivity index (χ3n) is 24.7. The van der Waals surface area contributed by atoms with E-state index >= 15 is 0 Å². The van der Waals surface area contributed by atoms with Crippen molar-refractivity contribution in [1.82, 2.24) is 39.9 Å². The molecule has 0 unspecified atom stereocenters. The molecule has 0 bridgehead atoms. The highest BCUT2D eigenvalue weighted by atomic mass is 14.9. The highest BCUT2D eigenvalue weighted by Gasteiger charge is 2.54. The van der Waals surface area contributed by atoms with Crippen LogP contribution in [0.1, 0.15) is 44.5 Å². The van der Waals surface area contributed by atoms with E-state index in [1.54, 1.807) is 0 Å². The van der Waals surface area contributed by atoms with Gasteiger partial charge in [-0.15, -0.1) is 0 Å². The summed E-state index contributed by atoms with van der Waals surface area (Å²) in [5, 5.41) is 0. The van der Waals surface area contributed by atoms with E-state index in [1.807, 2.05) is 48.5 Å². The van der Waals surface area contributed by atoms with Gasteiger partial charge in [0.05, 0.1) is 56.4 Å². The molecular formula is C114H72N8. The number of nitrogens with zero attached hydrogens (tertiary/aromatic N) is 8. The maximum atomic E-state index is 5.27. The standard InChI is InChI=1S/2C57H36N4/c1-5-17-37(18-6-1)51-35-52(38-19-7-2-8-20-38)59-55(58-51)41-29-31-45-43-25-13-15-27-47(43)57(49(45)33-41)48-28-16-14-26-44(48)46-32-30-42(34-50(46)57)56-60-53(39-21-9-3-10-22-39)36-54(61-56)40-23-11-4-12-24-40;1-5-17-37(18-6-1)51-35-52(38-19-7-2-8-20-38)59-55(58-51)41-29-31-45-46-32-30-42(56-60-53(39-21-9-3-10-22-39)36-54(61-56)40-23-11-4-12-24-40)34-50(46)57(49(45)33-41)47-27-15-13-25-43(47)44-26-14-16-28-48(44)57/h2*1-36H. The van der Waals surface area contributed by atoms with Crippen molar-refractivity contribution in [1.29, 1.82) is 0 Å². The first-order chi connectivity index (χ1) is 60.4. The summed E-state index contributed by atoms with van der Waals surface area (Å²) in [5.41, 5.74) is 37.8. The van der Waals surface area contributed by atoms with Crippen molar-refractivity contribution in [3.63, 3.8) is 0 Å². The molecule has 0 N–H and O–H groups in total. The third-order valence-corrected chi connectivity index (χ3v) is 24.7. The molecule has 4 aromatic heterocycles. The van der Waals surface area contributed by atoms with E-state index in [0.29, 0.717) is 23.3 Å². The second-order valence-electron chi connectivity index (χ2n) is 31.5. The van der Waals surface area contributed by atoms with Gasteiger partial charge in [0, 0.05) is 66.8 Å². The molecule has 0 aliphatic heterocycles. The molecule has 20 aromatic rings. The third kappa shape index (κ3) is 11.9. The summed E-state index contributed by atoms with van der Waals surface area (Å²) in [5.74, 6) is 2.76. The smallest absolute Gasteiger partial charge is 0.160 e. The van der Waals surface area contributed by atoms with Crippen molar-refractivity contribution >= 4 is 0 Å². The summed E-state index contributed by atoms with van der Waals surface area (Å²) in [4.78, 5) is 42.2. The number of rotatable bonds is 12. The molecule has 0 atom stereocenters. The molecule has 2 spiro atoms. The molecule has 4 aliphatic carbocycles. The zero-order valence-electron chi connectivity index (χ0n) is 66.1. The molecule has 8 nitrogen and oxygen atoms in total. The van der Waals surface area contributed by atoms with Gasteiger partial charge < -0.3 is 0 Å². The molecule has 0 radical (unpaired) electrons. The summed E-state index contributed by atoms with van der Waals surface area (Å²) >= 11 is 0. The van der Waals surface area contributed by atoms with Crippen molar-refractivity contribution in [3.8, 4) is 180 Å². The van der Waals surface area contributed by atoms with Crippen LogP contribution in [-0.2, 0) is 10.8 Å². The van der Waals surface area contributed by atoms with Crippen LogP contribution in [0.5, 0.6) is 0 Å². The number of benzene rings is 16. The molecular weight excluding hydrogens is 1480 g/mol. The predicted molar refractivity (Wildman–Crippen MR) is 493 cm³/mol. The van der Waals surface area contributed by atoms with Crippen molar-refractivity contribution in [2.45, 2.75) is 10.8 Å². The van der Waals surface area contributed by atoms with Crippen LogP contribution in [-0.4, -0.2) is 39.9 Å². The molecule has 0 saturated carbocycles. The SMILES string of the molecule is c1ccc(-c2cc(-c3ccccc3)nc(-c3ccc4c(c3)C3(c5ccccc5-4)c4ccccc4-c4ccc(-c5nc(-c6ccccc6)cc(-c6ccccc6)n5)cc43)n2)cc1.c1ccc(-c2cc(-c3ccccc3)nc(-c3ccc4c(c3)C3(c5ccccc5-c5ccccc53)c3cc(-c5nc(-c6ccccc6)cc(-c6ccccc6)n5)ccc3-4)n2)cc1. The van der Waals surface area contributed by atoms with Crippen LogP contribution in [0.25, 0.3) is 180 Å². The minimum Gasteiger partial charge on any atom is -0.228 e. The van der Waals surface area contributed by atoms with Crippen LogP contribution in [0, 0.1) is 0 Å². The van der Waals surface area contributed by atoms with Gasteiger partial charge in [-0.25, -0.2) is 39.9 Å². The molecule has 0 amide bonds. The van der Waals surface area contributed by atoms with E-state index in [0.717, 1.165) is 112 Å². The number of aromatic nitrogens is 8. The fourth-order valence-corrected chi connectivity index (χ4v) is 19.2. The second-order valence-corrected chi connectivity index (χ2v) is 31.5. The molecule has 0 fully saturated rings. The molecule has 4 aliphatic rings. The topological polar surface area (TPSA) is 103 Å². The Kier molecular flexibility index (Phi) is 17.2. The second kappa shape index (κ2) is 29.5. The normalized spacial score (nSPS) is 12.7. The quantitative estimate of drug-likeness (QED) is 0.119. The maximum Gasteiger partial charge on any atom is 0.160 e. The van der Waals surface area contributed by atoms with Crippen LogP contribution in [0.4, 0.5) is 0 Å². The minimum absolute atomic E-state index is 0.609. The molecule has 16 aromatic carbocycles. The summed E-state index contributed by atoms with van der Waals surface area (Å²) < 4.78 is 0. The molecule has 122 heavy (non-hydrogen) atoms. The summed E-state index contributed by atoms with van der Waals surface area (Å²) in [6, 6.07) is 154. The predicted octanol–water partition coefficient (Wildman–Crippen LogP) is 27.2. The minimum atomic E-state index is -0.609. The van der Waals surface area contributed by atoms with Gasteiger partial charge in [-0.2, -0.15) is 0 Å². The van der Waals surface area contributed by atoms with E-state index in [1.165, 1.54) is 89.0 Å². The fourth-order valence-electron chi connectivity index (χ4n) is 19.2. The summed E-state index contributed by atoms with van der Waals surface area (Å²) in [6.45, 7) is 0.